The lowest BCUT2D eigenvalue weighted by molar-refractivity contribution is 0.254. The van der Waals surface area contributed by atoms with Gasteiger partial charge in [0.05, 0.1) is 22.8 Å². The quantitative estimate of drug-likeness (QED) is 0.167. The number of rotatable bonds is 12. The van der Waals surface area contributed by atoms with Crippen LogP contribution in [0.5, 0.6) is 0 Å². The number of allylic oxidation sites excluding steroid dienone is 1. The van der Waals surface area contributed by atoms with E-state index in [2.05, 4.69) is 55.8 Å². The van der Waals surface area contributed by atoms with Gasteiger partial charge in [-0.2, -0.15) is 0 Å². The maximum Gasteiger partial charge on any atom is 0.148 e. The van der Waals surface area contributed by atoms with Crippen LogP contribution in [0, 0.1) is 11.2 Å². The van der Waals surface area contributed by atoms with Crippen molar-refractivity contribution in [1.29, 1.82) is 5.41 Å². The van der Waals surface area contributed by atoms with Gasteiger partial charge in [-0.15, -0.1) is 0 Å². The number of hydrogen-bond acceptors (Lipinski definition) is 8. The molecule has 4 rings (SSSR count). The zero-order chi connectivity index (χ0) is 27.8. The summed E-state index contributed by atoms with van der Waals surface area (Å²) in [4.78, 5) is 13.4. The Morgan fingerprint density at radius 1 is 1.08 bits per heavy atom. The monoisotopic (exact) mass is 528 g/mol. The molecule has 0 amide bonds. The maximum atomic E-state index is 15.5. The molecule has 0 spiro atoms. The molecule has 0 bridgehead atoms. The van der Waals surface area contributed by atoms with Gasteiger partial charge < -0.3 is 26.3 Å². The summed E-state index contributed by atoms with van der Waals surface area (Å²) in [6.07, 6.45) is 6.75. The van der Waals surface area contributed by atoms with Crippen molar-refractivity contribution >= 4 is 34.8 Å². The van der Waals surface area contributed by atoms with Gasteiger partial charge in [-0.05, 0) is 37.2 Å². The number of hydrogen-bond donors (Lipinski definition) is 4. The van der Waals surface area contributed by atoms with Crippen molar-refractivity contribution in [3.05, 3.63) is 79.0 Å². The number of benzene rings is 2. The molecule has 4 N–H and O–H groups in total. The summed E-state index contributed by atoms with van der Waals surface area (Å²) in [6.45, 7) is 14.6. The van der Waals surface area contributed by atoms with Crippen LogP contribution in [0.1, 0.15) is 25.3 Å². The highest BCUT2D eigenvalue weighted by atomic mass is 19.1. The molecule has 1 aliphatic rings. The Bertz CT molecular complexity index is 1330. The predicted octanol–water partition coefficient (Wildman–Crippen LogP) is 6.10. The Hall–Kier alpha value is -4.24. The molecule has 1 aliphatic heterocycles. The van der Waals surface area contributed by atoms with E-state index in [1.165, 1.54) is 25.4 Å². The number of nitrogens with zero attached hydrogens (tertiary/aromatic N) is 4. The van der Waals surface area contributed by atoms with Gasteiger partial charge in [0.1, 0.15) is 18.0 Å². The first-order valence-corrected chi connectivity index (χ1v) is 13.3. The Kier molecular flexibility index (Phi) is 9.27. The molecule has 8 nitrogen and oxygen atoms in total. The Morgan fingerprint density at radius 2 is 1.87 bits per heavy atom. The van der Waals surface area contributed by atoms with Crippen LogP contribution in [-0.2, 0) is 0 Å². The third-order valence-corrected chi connectivity index (χ3v) is 6.87. The van der Waals surface area contributed by atoms with Gasteiger partial charge in [0.15, 0.2) is 0 Å². The topological polar surface area (TPSA) is 92.2 Å². The van der Waals surface area contributed by atoms with Crippen LogP contribution in [0.2, 0.25) is 0 Å². The lowest BCUT2D eigenvalue weighted by atomic mass is 10.1. The highest BCUT2D eigenvalue weighted by molar-refractivity contribution is 5.88. The minimum Gasteiger partial charge on any atom is -0.388 e. The second-order valence-corrected chi connectivity index (χ2v) is 9.50. The van der Waals surface area contributed by atoms with Gasteiger partial charge in [0, 0.05) is 74.1 Å². The first kappa shape index (κ1) is 27.8. The lowest BCUT2D eigenvalue weighted by Crippen LogP contribution is -2.46. The molecular formula is C30H37FN8. The van der Waals surface area contributed by atoms with Crippen molar-refractivity contribution in [2.75, 3.05) is 60.6 Å². The second kappa shape index (κ2) is 13.0. The number of nitrogens with one attached hydrogen (secondary N) is 4. The number of anilines is 5. The van der Waals surface area contributed by atoms with Gasteiger partial charge in [-0.25, -0.2) is 14.4 Å². The van der Waals surface area contributed by atoms with Crippen molar-refractivity contribution in [2.45, 2.75) is 19.8 Å². The van der Waals surface area contributed by atoms with Crippen molar-refractivity contribution in [3.8, 4) is 11.3 Å². The fourth-order valence-electron chi connectivity index (χ4n) is 4.63. The molecule has 1 fully saturated rings. The Labute approximate surface area is 230 Å². The standard InChI is InChI=1S/C30H37FN8/c1-5-7-10-38-11-13-39(14-12-38)29-16-24(31)27(17-28(29)36-21(3)6-2)37-30-18-26(34-20-35-30)22-8-9-25(33-4)23(15-22)19-32/h6,8-9,15-20,32-33,36H,2-3,5,7,10-14H2,1,4H3,(H,34,35,37). The van der Waals surface area contributed by atoms with E-state index in [1.54, 1.807) is 24.3 Å². The summed E-state index contributed by atoms with van der Waals surface area (Å²) in [5.74, 6) is 0.0802. The first-order valence-electron chi connectivity index (χ1n) is 13.3. The summed E-state index contributed by atoms with van der Waals surface area (Å²) in [5, 5.41) is 17.2. The van der Waals surface area contributed by atoms with Crippen LogP contribution >= 0.6 is 0 Å². The molecule has 0 aliphatic carbocycles. The molecule has 9 heteroatoms. The van der Waals surface area contributed by atoms with Gasteiger partial charge in [-0.1, -0.05) is 32.6 Å². The first-order chi connectivity index (χ1) is 18.9. The highest BCUT2D eigenvalue weighted by Gasteiger charge is 2.21. The third-order valence-electron chi connectivity index (χ3n) is 6.87. The van der Waals surface area contributed by atoms with E-state index in [4.69, 9.17) is 5.41 Å². The van der Waals surface area contributed by atoms with Crippen molar-refractivity contribution in [1.82, 2.24) is 14.9 Å². The van der Waals surface area contributed by atoms with Gasteiger partial charge in [-0.3, -0.25) is 4.90 Å². The lowest BCUT2D eigenvalue weighted by Gasteiger charge is -2.37. The summed E-state index contributed by atoms with van der Waals surface area (Å²) in [6, 6.07) is 10.8. The average molecular weight is 529 g/mol. The van der Waals surface area contributed by atoms with Gasteiger partial charge in [0.25, 0.3) is 0 Å². The summed E-state index contributed by atoms with van der Waals surface area (Å²) in [5.41, 5.74) is 5.55. The number of piperazine rings is 1. The minimum atomic E-state index is -0.377. The van der Waals surface area contributed by atoms with E-state index in [9.17, 15) is 0 Å². The van der Waals surface area contributed by atoms with Crippen molar-refractivity contribution in [2.24, 2.45) is 0 Å². The molecule has 204 valence electrons. The fraction of sp³-hybridized carbons (Fsp3) is 0.300. The van der Waals surface area contributed by atoms with Crippen LogP contribution in [0.25, 0.3) is 11.3 Å². The SMILES string of the molecule is C=CC(=C)Nc1cc(Nc2cc(-c3ccc(NC)c(C=N)c3)ncn2)c(F)cc1N1CCN(CCCC)CC1. The molecule has 39 heavy (non-hydrogen) atoms. The molecule has 0 atom stereocenters. The van der Waals surface area contributed by atoms with E-state index < -0.39 is 0 Å². The average Bonchev–Trinajstić information content (AvgIpc) is 2.97. The number of unbranched alkanes of at least 4 members (excludes halogenated alkanes) is 1. The summed E-state index contributed by atoms with van der Waals surface area (Å²) in [7, 11) is 1.82. The highest BCUT2D eigenvalue weighted by Crippen LogP contribution is 2.35. The smallest absolute Gasteiger partial charge is 0.148 e. The molecule has 2 heterocycles. The molecular weight excluding hydrogens is 491 g/mol. The van der Waals surface area contributed by atoms with E-state index in [1.807, 2.05) is 25.2 Å². The fourth-order valence-corrected chi connectivity index (χ4v) is 4.63. The minimum absolute atomic E-state index is 0.287. The zero-order valence-electron chi connectivity index (χ0n) is 22.7. The molecule has 3 aromatic rings. The maximum absolute atomic E-state index is 15.5. The number of halogens is 1. The van der Waals surface area contributed by atoms with E-state index >= 15 is 4.39 Å². The Morgan fingerprint density at radius 3 is 2.56 bits per heavy atom. The van der Waals surface area contributed by atoms with E-state index in [0.29, 0.717) is 17.2 Å². The zero-order valence-corrected chi connectivity index (χ0v) is 22.7. The molecule has 1 aromatic heterocycles. The molecule has 0 unspecified atom stereocenters. The second-order valence-electron chi connectivity index (χ2n) is 9.50. The van der Waals surface area contributed by atoms with Crippen LogP contribution in [0.4, 0.5) is 33.0 Å². The third kappa shape index (κ3) is 6.80. The van der Waals surface area contributed by atoms with Crippen LogP contribution in [0.15, 0.2) is 67.7 Å². The van der Waals surface area contributed by atoms with Gasteiger partial charge >= 0.3 is 0 Å². The van der Waals surface area contributed by atoms with Crippen molar-refractivity contribution < 1.29 is 4.39 Å². The van der Waals surface area contributed by atoms with Crippen LogP contribution < -0.4 is 20.9 Å². The predicted molar refractivity (Wildman–Crippen MR) is 161 cm³/mol. The molecule has 0 saturated carbocycles. The summed E-state index contributed by atoms with van der Waals surface area (Å²) >= 11 is 0. The van der Waals surface area contributed by atoms with E-state index in [0.717, 1.165) is 60.9 Å². The van der Waals surface area contributed by atoms with Crippen LogP contribution in [-0.4, -0.2) is 60.9 Å². The summed E-state index contributed by atoms with van der Waals surface area (Å²) < 4.78 is 15.5. The normalized spacial score (nSPS) is 13.6. The molecule has 2 aromatic carbocycles. The Balaban J connectivity index is 1.59. The molecule has 0 radical (unpaired) electrons. The van der Waals surface area contributed by atoms with Crippen LogP contribution in [0.3, 0.4) is 0 Å². The number of aromatic nitrogens is 2. The molecule has 1 saturated heterocycles. The largest absolute Gasteiger partial charge is 0.388 e. The van der Waals surface area contributed by atoms with Gasteiger partial charge in [0.2, 0.25) is 0 Å². The van der Waals surface area contributed by atoms with E-state index in [-0.39, 0.29) is 11.5 Å². The van der Waals surface area contributed by atoms with Crippen molar-refractivity contribution in [3.63, 3.8) is 0 Å².